The third kappa shape index (κ3) is 6.30. The van der Waals surface area contributed by atoms with Gasteiger partial charge in [-0.3, -0.25) is 9.35 Å². The molecule has 0 saturated heterocycles. The number of rotatable bonds is 6. The third-order valence-electron chi connectivity index (χ3n) is 6.64. The van der Waals surface area contributed by atoms with Crippen LogP contribution in [0, 0.1) is 6.92 Å². The average molecular weight is 631 g/mol. The van der Waals surface area contributed by atoms with Crippen LogP contribution in [-0.4, -0.2) is 42.9 Å². The van der Waals surface area contributed by atoms with E-state index in [1.165, 1.54) is 22.7 Å². The lowest BCUT2D eigenvalue weighted by Crippen LogP contribution is -2.13. The largest absolute Gasteiger partial charge is 0.378 e. The molecule has 6 aromatic rings. The fourth-order valence-electron chi connectivity index (χ4n) is 4.50. The van der Waals surface area contributed by atoms with Crippen molar-refractivity contribution in [2.75, 3.05) is 24.3 Å². The van der Waals surface area contributed by atoms with Gasteiger partial charge in [0.05, 0.1) is 20.4 Å². The highest BCUT2D eigenvalue weighted by molar-refractivity contribution is 7.86. The van der Waals surface area contributed by atoms with Crippen molar-refractivity contribution in [2.24, 2.45) is 0 Å². The highest BCUT2D eigenvalue weighted by Gasteiger charge is 2.21. The first-order valence-corrected chi connectivity index (χ1v) is 16.6. The molecule has 1 amide bonds. The van der Waals surface area contributed by atoms with Gasteiger partial charge in [-0.15, -0.1) is 22.7 Å². The van der Waals surface area contributed by atoms with E-state index in [1.807, 2.05) is 87.4 Å². The monoisotopic (exact) mass is 630 g/mol. The van der Waals surface area contributed by atoms with E-state index in [-0.39, 0.29) is 10.8 Å². The van der Waals surface area contributed by atoms with Crippen LogP contribution in [0.25, 0.3) is 41.6 Å². The number of aromatic nitrogens is 2. The van der Waals surface area contributed by atoms with Crippen LogP contribution in [0.15, 0.2) is 83.8 Å². The van der Waals surface area contributed by atoms with Crippen molar-refractivity contribution in [1.82, 2.24) is 9.97 Å². The molecule has 0 aliphatic heterocycles. The molecule has 0 atom stereocenters. The predicted molar refractivity (Wildman–Crippen MR) is 178 cm³/mol. The molecule has 11 heteroatoms. The van der Waals surface area contributed by atoms with Crippen molar-refractivity contribution in [1.29, 1.82) is 0 Å². The second-order valence-corrected chi connectivity index (χ2v) is 13.1. The molecule has 0 spiro atoms. The molecular formula is C32H30N4O4S3. The van der Waals surface area contributed by atoms with Crippen LogP contribution in [0.2, 0.25) is 0 Å². The van der Waals surface area contributed by atoms with Crippen LogP contribution in [0.5, 0.6) is 0 Å². The van der Waals surface area contributed by atoms with Gasteiger partial charge in [-0.2, -0.15) is 8.42 Å². The predicted octanol–water partition coefficient (Wildman–Crippen LogP) is 8.14. The molecule has 0 bridgehead atoms. The van der Waals surface area contributed by atoms with Crippen molar-refractivity contribution >= 4 is 70.5 Å². The van der Waals surface area contributed by atoms with Gasteiger partial charge in [0.25, 0.3) is 16.0 Å². The summed E-state index contributed by atoms with van der Waals surface area (Å²) in [5.74, 6) is -0.177. The standard InChI is InChI=1S/C30H24N4O4S3.C2H6/c1-17-4-14-24-26(27(17)41(36,37)38)40-30(33-24)20-9-15-23-25(16-20)39-29(32-23)19-5-10-21(11-6-19)31-28(35)18-7-12-22(13-8-18)34(2)3;1-2/h4-16H,1-3H3,(H,31,35)(H,36,37,38);1-2H3. The van der Waals surface area contributed by atoms with Gasteiger partial charge in [-0.1, -0.05) is 19.9 Å². The lowest BCUT2D eigenvalue weighted by molar-refractivity contribution is 0.102. The lowest BCUT2D eigenvalue weighted by atomic mass is 10.1. The summed E-state index contributed by atoms with van der Waals surface area (Å²) in [6.45, 7) is 5.65. The number of hydrogen-bond donors (Lipinski definition) is 2. The Morgan fingerprint density at radius 1 is 0.814 bits per heavy atom. The van der Waals surface area contributed by atoms with Gasteiger partial charge in [-0.05, 0) is 85.3 Å². The van der Waals surface area contributed by atoms with Crippen molar-refractivity contribution in [3.63, 3.8) is 0 Å². The summed E-state index contributed by atoms with van der Waals surface area (Å²) >= 11 is 2.77. The molecule has 0 saturated carbocycles. The average Bonchev–Trinajstić information content (AvgIpc) is 3.62. The van der Waals surface area contributed by atoms with Crippen LogP contribution >= 0.6 is 22.7 Å². The van der Waals surface area contributed by atoms with Gasteiger partial charge in [0, 0.05) is 42.2 Å². The zero-order valence-electron chi connectivity index (χ0n) is 24.2. The zero-order valence-corrected chi connectivity index (χ0v) is 26.7. The third-order valence-corrected chi connectivity index (χ3v) is 10.0. The Morgan fingerprint density at radius 2 is 1.42 bits per heavy atom. The number of hydrogen-bond acceptors (Lipinski definition) is 8. The van der Waals surface area contributed by atoms with E-state index < -0.39 is 10.1 Å². The van der Waals surface area contributed by atoms with E-state index in [1.54, 1.807) is 31.2 Å². The number of carbonyl (C=O) groups excluding carboxylic acids is 1. The first-order valence-electron chi connectivity index (χ1n) is 13.5. The summed E-state index contributed by atoms with van der Waals surface area (Å²) in [5, 5.41) is 4.43. The highest BCUT2D eigenvalue weighted by Crippen LogP contribution is 2.38. The maximum Gasteiger partial charge on any atom is 0.296 e. The number of fused-ring (bicyclic) bond motifs is 2. The first-order chi connectivity index (χ1) is 20.6. The molecule has 0 aliphatic carbocycles. The number of nitrogens with zero attached hydrogens (tertiary/aromatic N) is 3. The fourth-order valence-corrected chi connectivity index (χ4v) is 7.82. The Hall–Kier alpha value is -4.16. The lowest BCUT2D eigenvalue weighted by Gasteiger charge is -2.12. The molecule has 2 heterocycles. The van der Waals surface area contributed by atoms with Crippen LogP contribution in [0.4, 0.5) is 11.4 Å². The maximum atomic E-state index is 12.7. The second kappa shape index (κ2) is 12.2. The SMILES string of the molecule is CC.Cc1ccc2nc(-c3ccc4nc(-c5ccc(NC(=O)c6ccc(N(C)C)cc6)cc5)sc4c3)sc2c1S(=O)(=O)O. The Bertz CT molecular complexity index is 2050. The van der Waals surface area contributed by atoms with E-state index in [0.717, 1.165) is 32.0 Å². The molecule has 2 aromatic heterocycles. The molecule has 4 aromatic carbocycles. The first kappa shape index (κ1) is 30.3. The van der Waals surface area contributed by atoms with Crippen LogP contribution in [-0.2, 0) is 10.1 Å². The molecule has 0 fully saturated rings. The Morgan fingerprint density at radius 3 is 2.07 bits per heavy atom. The quantitative estimate of drug-likeness (QED) is 0.179. The smallest absolute Gasteiger partial charge is 0.296 e. The number of anilines is 2. The number of benzene rings is 4. The van der Waals surface area contributed by atoms with E-state index >= 15 is 0 Å². The number of aryl methyl sites for hydroxylation is 1. The molecule has 0 radical (unpaired) electrons. The van der Waals surface area contributed by atoms with Crippen LogP contribution in [0.1, 0.15) is 29.8 Å². The number of carbonyl (C=O) groups is 1. The molecule has 43 heavy (non-hydrogen) atoms. The summed E-state index contributed by atoms with van der Waals surface area (Å²) in [5.41, 5.74) is 5.89. The minimum atomic E-state index is -4.38. The van der Waals surface area contributed by atoms with E-state index in [0.29, 0.717) is 32.0 Å². The van der Waals surface area contributed by atoms with Gasteiger partial charge >= 0.3 is 0 Å². The molecule has 2 N–H and O–H groups in total. The van der Waals surface area contributed by atoms with Gasteiger partial charge in [-0.25, -0.2) is 9.97 Å². The van der Waals surface area contributed by atoms with Crippen molar-refractivity contribution in [2.45, 2.75) is 25.7 Å². The molecule has 6 rings (SSSR count). The van der Waals surface area contributed by atoms with Crippen molar-refractivity contribution < 1.29 is 17.8 Å². The van der Waals surface area contributed by atoms with Crippen molar-refractivity contribution in [3.8, 4) is 21.1 Å². The number of amides is 1. The van der Waals surface area contributed by atoms with Gasteiger partial charge in [0.1, 0.15) is 14.9 Å². The molecular weight excluding hydrogens is 601 g/mol. The minimum absolute atomic E-state index is 0.0956. The summed E-state index contributed by atoms with van der Waals surface area (Å²) in [7, 11) is -0.476. The molecule has 8 nitrogen and oxygen atoms in total. The van der Waals surface area contributed by atoms with Crippen LogP contribution in [0.3, 0.4) is 0 Å². The summed E-state index contributed by atoms with van der Waals surface area (Å²) in [4.78, 5) is 24.0. The van der Waals surface area contributed by atoms with Gasteiger partial charge < -0.3 is 10.2 Å². The van der Waals surface area contributed by atoms with Crippen LogP contribution < -0.4 is 10.2 Å². The maximum absolute atomic E-state index is 12.7. The summed E-state index contributed by atoms with van der Waals surface area (Å²) in [6.07, 6.45) is 0. The minimum Gasteiger partial charge on any atom is -0.378 e. The number of nitrogens with one attached hydrogen (secondary N) is 1. The fraction of sp³-hybridized carbons (Fsp3) is 0.156. The zero-order chi connectivity index (χ0) is 30.9. The molecule has 220 valence electrons. The van der Waals surface area contributed by atoms with Crippen molar-refractivity contribution in [3.05, 3.63) is 90.0 Å². The number of thiazole rings is 2. The van der Waals surface area contributed by atoms with E-state index in [9.17, 15) is 17.8 Å². The normalized spacial score (nSPS) is 11.3. The van der Waals surface area contributed by atoms with Gasteiger partial charge in [0.15, 0.2) is 0 Å². The summed E-state index contributed by atoms with van der Waals surface area (Å²) < 4.78 is 35.2. The second-order valence-electron chi connectivity index (χ2n) is 9.73. The Balaban J connectivity index is 0.00000180. The van der Waals surface area contributed by atoms with Gasteiger partial charge in [0.2, 0.25) is 0 Å². The molecule has 0 unspecified atom stereocenters. The van der Waals surface area contributed by atoms with E-state index in [4.69, 9.17) is 4.98 Å². The Kier molecular flexibility index (Phi) is 8.61. The summed E-state index contributed by atoms with van der Waals surface area (Å²) in [6, 6.07) is 24.2. The van der Waals surface area contributed by atoms with E-state index in [2.05, 4.69) is 10.3 Å². The Labute approximate surface area is 258 Å². The molecule has 0 aliphatic rings. The highest BCUT2D eigenvalue weighted by atomic mass is 32.2. The topological polar surface area (TPSA) is 112 Å².